The Morgan fingerprint density at radius 3 is 2.63 bits per heavy atom. The molecule has 1 saturated heterocycles. The number of fused-ring (bicyclic) bond motifs is 1. The van der Waals surface area contributed by atoms with Crippen molar-refractivity contribution in [1.29, 1.82) is 0 Å². The summed E-state index contributed by atoms with van der Waals surface area (Å²) in [4.78, 5) is 27.1. The summed E-state index contributed by atoms with van der Waals surface area (Å²) in [5.41, 5.74) is 3.93. The highest BCUT2D eigenvalue weighted by molar-refractivity contribution is 6.29. The zero-order chi connectivity index (χ0) is 26.1. The van der Waals surface area contributed by atoms with Gasteiger partial charge in [0.15, 0.2) is 0 Å². The van der Waals surface area contributed by atoms with E-state index in [4.69, 9.17) is 11.6 Å². The standard InChI is InChI=1S/C29H30ClFN6O/c30-26-12-19(25-14-33-28-24(25)2-1-11-32-28)13-27(36-26)34-22-7-9-23(10-8-22)35-29(38)20-16-37(17-20)15-18-3-5-21(31)6-4-18/h1-6,11-14,20,22-23H,7-10,15-17H2,(H,32,33)(H,34,36)(H,35,38)/t22-,23-. The summed E-state index contributed by atoms with van der Waals surface area (Å²) in [6.07, 6.45) is 7.48. The molecule has 6 rings (SSSR count). The van der Waals surface area contributed by atoms with Gasteiger partial charge in [-0.3, -0.25) is 9.69 Å². The lowest BCUT2D eigenvalue weighted by Gasteiger charge is -2.39. The molecule has 4 heterocycles. The number of hydrogen-bond acceptors (Lipinski definition) is 5. The van der Waals surface area contributed by atoms with Gasteiger partial charge in [0.2, 0.25) is 5.91 Å². The monoisotopic (exact) mass is 532 g/mol. The second kappa shape index (κ2) is 10.7. The molecule has 7 nitrogen and oxygen atoms in total. The fraction of sp³-hybridized carbons (Fsp3) is 0.345. The Bertz CT molecular complexity index is 1430. The Kier molecular flexibility index (Phi) is 7.00. The summed E-state index contributed by atoms with van der Waals surface area (Å²) in [6.45, 7) is 2.24. The fourth-order valence-electron chi connectivity index (χ4n) is 5.54. The van der Waals surface area contributed by atoms with E-state index in [1.165, 1.54) is 12.1 Å². The Labute approximate surface area is 225 Å². The summed E-state index contributed by atoms with van der Waals surface area (Å²) >= 11 is 6.38. The number of aromatic amines is 1. The molecule has 38 heavy (non-hydrogen) atoms. The summed E-state index contributed by atoms with van der Waals surface area (Å²) in [7, 11) is 0. The van der Waals surface area contributed by atoms with E-state index in [9.17, 15) is 9.18 Å². The Morgan fingerprint density at radius 2 is 1.84 bits per heavy atom. The first-order valence-corrected chi connectivity index (χ1v) is 13.5. The van der Waals surface area contributed by atoms with Crippen molar-refractivity contribution in [2.45, 2.75) is 44.3 Å². The highest BCUT2D eigenvalue weighted by Crippen LogP contribution is 2.31. The molecular weight excluding hydrogens is 503 g/mol. The van der Waals surface area contributed by atoms with Crippen LogP contribution in [0.3, 0.4) is 0 Å². The molecule has 1 amide bonds. The first kappa shape index (κ1) is 24.8. The normalized spacial score (nSPS) is 20.3. The third kappa shape index (κ3) is 5.51. The van der Waals surface area contributed by atoms with Crippen LogP contribution in [0.5, 0.6) is 0 Å². The van der Waals surface area contributed by atoms with Crippen LogP contribution in [-0.4, -0.2) is 50.9 Å². The van der Waals surface area contributed by atoms with Gasteiger partial charge in [-0.05, 0) is 73.2 Å². The largest absolute Gasteiger partial charge is 0.367 e. The second-order valence-corrected chi connectivity index (χ2v) is 10.8. The summed E-state index contributed by atoms with van der Waals surface area (Å²) in [5, 5.41) is 8.31. The van der Waals surface area contributed by atoms with Crippen LogP contribution >= 0.6 is 11.6 Å². The SMILES string of the molecule is O=C(N[C@H]1CC[C@H](Nc2cc(-c3c[nH]c4ncccc34)cc(Cl)n2)CC1)C1CN(Cc2ccc(F)cc2)C1. The number of anilines is 1. The topological polar surface area (TPSA) is 85.9 Å². The number of H-pyrrole nitrogens is 1. The molecule has 0 unspecified atom stereocenters. The predicted molar refractivity (Wildman–Crippen MR) is 147 cm³/mol. The van der Waals surface area contributed by atoms with E-state index in [1.54, 1.807) is 18.3 Å². The number of carbonyl (C=O) groups is 1. The first-order valence-electron chi connectivity index (χ1n) is 13.1. The van der Waals surface area contributed by atoms with Crippen LogP contribution in [0.2, 0.25) is 5.15 Å². The maximum Gasteiger partial charge on any atom is 0.225 e. The van der Waals surface area contributed by atoms with Crippen molar-refractivity contribution in [3.8, 4) is 11.1 Å². The van der Waals surface area contributed by atoms with Gasteiger partial charge >= 0.3 is 0 Å². The highest BCUT2D eigenvalue weighted by atomic mass is 35.5. The van der Waals surface area contributed by atoms with Crippen molar-refractivity contribution in [2.75, 3.05) is 18.4 Å². The number of pyridine rings is 2. The molecule has 2 fully saturated rings. The first-order chi connectivity index (χ1) is 18.5. The lowest BCUT2D eigenvalue weighted by molar-refractivity contribution is -0.131. The molecule has 0 atom stereocenters. The molecule has 0 spiro atoms. The number of benzene rings is 1. The van der Waals surface area contributed by atoms with Crippen molar-refractivity contribution < 1.29 is 9.18 Å². The minimum absolute atomic E-state index is 0.0279. The molecule has 1 aromatic carbocycles. The molecule has 3 aromatic heterocycles. The van der Waals surface area contributed by atoms with Gasteiger partial charge in [-0.1, -0.05) is 23.7 Å². The molecule has 0 bridgehead atoms. The number of amides is 1. The fourth-order valence-corrected chi connectivity index (χ4v) is 5.75. The van der Waals surface area contributed by atoms with Crippen molar-refractivity contribution in [3.05, 3.63) is 77.5 Å². The van der Waals surface area contributed by atoms with E-state index < -0.39 is 0 Å². The van der Waals surface area contributed by atoms with Crippen LogP contribution in [-0.2, 0) is 11.3 Å². The van der Waals surface area contributed by atoms with Crippen LogP contribution in [0.15, 0.2) is 60.9 Å². The predicted octanol–water partition coefficient (Wildman–Crippen LogP) is 5.39. The highest BCUT2D eigenvalue weighted by Gasteiger charge is 2.34. The van der Waals surface area contributed by atoms with Gasteiger partial charge < -0.3 is 15.6 Å². The van der Waals surface area contributed by atoms with E-state index >= 15 is 0 Å². The Morgan fingerprint density at radius 1 is 1.08 bits per heavy atom. The van der Waals surface area contributed by atoms with Gasteiger partial charge in [0, 0.05) is 55.1 Å². The number of nitrogens with one attached hydrogen (secondary N) is 3. The molecule has 196 valence electrons. The van der Waals surface area contributed by atoms with Crippen LogP contribution in [0, 0.1) is 11.7 Å². The van der Waals surface area contributed by atoms with Gasteiger partial charge in [0.05, 0.1) is 5.92 Å². The molecule has 2 aliphatic rings. The van der Waals surface area contributed by atoms with Gasteiger partial charge in [0.1, 0.15) is 22.4 Å². The van der Waals surface area contributed by atoms with E-state index in [1.807, 2.05) is 30.5 Å². The molecule has 1 saturated carbocycles. The molecular formula is C29H30ClFN6O. The molecule has 3 N–H and O–H groups in total. The van der Waals surface area contributed by atoms with Gasteiger partial charge in [0.25, 0.3) is 0 Å². The second-order valence-electron chi connectivity index (χ2n) is 10.4. The summed E-state index contributed by atoms with van der Waals surface area (Å²) in [6, 6.07) is 14.9. The minimum atomic E-state index is -0.226. The lowest BCUT2D eigenvalue weighted by Crippen LogP contribution is -2.55. The quantitative estimate of drug-likeness (QED) is 0.278. The van der Waals surface area contributed by atoms with Crippen LogP contribution in [0.25, 0.3) is 22.2 Å². The van der Waals surface area contributed by atoms with E-state index in [2.05, 4.69) is 30.5 Å². The van der Waals surface area contributed by atoms with Crippen LogP contribution in [0.1, 0.15) is 31.2 Å². The number of nitrogens with zero attached hydrogens (tertiary/aromatic N) is 3. The molecule has 9 heteroatoms. The van der Waals surface area contributed by atoms with Crippen molar-refractivity contribution >= 4 is 34.4 Å². The smallest absolute Gasteiger partial charge is 0.225 e. The van der Waals surface area contributed by atoms with Crippen LogP contribution < -0.4 is 10.6 Å². The third-order valence-corrected chi connectivity index (χ3v) is 7.82. The van der Waals surface area contributed by atoms with Crippen molar-refractivity contribution in [1.82, 2.24) is 25.2 Å². The maximum absolute atomic E-state index is 13.1. The van der Waals surface area contributed by atoms with Crippen LogP contribution in [0.4, 0.5) is 10.2 Å². The van der Waals surface area contributed by atoms with Gasteiger partial charge in [-0.2, -0.15) is 0 Å². The van der Waals surface area contributed by atoms with E-state index in [0.29, 0.717) is 5.15 Å². The van der Waals surface area contributed by atoms with Crippen molar-refractivity contribution in [3.63, 3.8) is 0 Å². The number of rotatable bonds is 7. The molecule has 1 aliphatic heterocycles. The van der Waals surface area contributed by atoms with E-state index in [-0.39, 0.29) is 29.7 Å². The Balaban J connectivity index is 0.984. The number of hydrogen-bond donors (Lipinski definition) is 3. The number of carbonyl (C=O) groups excluding carboxylic acids is 1. The van der Waals surface area contributed by atoms with Gasteiger partial charge in [-0.25, -0.2) is 14.4 Å². The average Bonchev–Trinajstić information content (AvgIpc) is 3.32. The molecule has 1 aliphatic carbocycles. The van der Waals surface area contributed by atoms with E-state index in [0.717, 1.165) is 78.9 Å². The zero-order valence-corrected chi connectivity index (χ0v) is 21.7. The molecule has 0 radical (unpaired) electrons. The average molecular weight is 533 g/mol. The number of halogens is 2. The number of aromatic nitrogens is 3. The summed E-state index contributed by atoms with van der Waals surface area (Å²) < 4.78 is 13.1. The van der Waals surface area contributed by atoms with Gasteiger partial charge in [-0.15, -0.1) is 0 Å². The summed E-state index contributed by atoms with van der Waals surface area (Å²) in [5.74, 6) is 0.705. The maximum atomic E-state index is 13.1. The molecule has 4 aromatic rings. The third-order valence-electron chi connectivity index (χ3n) is 7.63. The lowest BCUT2D eigenvalue weighted by atomic mass is 9.90. The van der Waals surface area contributed by atoms with Crippen molar-refractivity contribution in [2.24, 2.45) is 5.92 Å². The Hall–Kier alpha value is -3.49. The zero-order valence-electron chi connectivity index (χ0n) is 21.0. The number of likely N-dealkylation sites (tertiary alicyclic amines) is 1. The minimum Gasteiger partial charge on any atom is -0.367 e.